The standard InChI is InChI=1S/C10H20N2O/c13-9-10(3-5-11-6-4-10)12-7-1-2-8-12/h11,13H,1-9H2. The van der Waals surface area contributed by atoms with Crippen molar-refractivity contribution in [2.45, 2.75) is 31.2 Å². The second-order valence-corrected chi connectivity index (χ2v) is 4.33. The number of hydrogen-bond acceptors (Lipinski definition) is 3. The van der Waals surface area contributed by atoms with Crippen molar-refractivity contribution in [3.8, 4) is 0 Å². The van der Waals surface area contributed by atoms with Crippen molar-refractivity contribution in [2.24, 2.45) is 0 Å². The molecule has 2 saturated heterocycles. The van der Waals surface area contributed by atoms with E-state index in [0.29, 0.717) is 6.61 Å². The molecule has 0 unspecified atom stereocenters. The third kappa shape index (κ3) is 1.73. The van der Waals surface area contributed by atoms with Gasteiger partial charge in [0.25, 0.3) is 0 Å². The number of aliphatic hydroxyl groups is 1. The maximum atomic E-state index is 9.53. The summed E-state index contributed by atoms with van der Waals surface area (Å²) in [5.74, 6) is 0. The number of hydrogen-bond donors (Lipinski definition) is 2. The van der Waals surface area contributed by atoms with E-state index in [1.54, 1.807) is 0 Å². The lowest BCUT2D eigenvalue weighted by Gasteiger charge is -2.43. The Bertz CT molecular complexity index is 160. The zero-order chi connectivity index (χ0) is 9.15. The topological polar surface area (TPSA) is 35.5 Å². The van der Waals surface area contributed by atoms with Crippen molar-refractivity contribution in [3.63, 3.8) is 0 Å². The minimum atomic E-state index is 0.127. The minimum absolute atomic E-state index is 0.127. The van der Waals surface area contributed by atoms with Crippen LogP contribution in [0.1, 0.15) is 25.7 Å². The predicted molar refractivity (Wildman–Crippen MR) is 52.7 cm³/mol. The van der Waals surface area contributed by atoms with E-state index in [2.05, 4.69) is 10.2 Å². The van der Waals surface area contributed by atoms with Crippen molar-refractivity contribution >= 4 is 0 Å². The van der Waals surface area contributed by atoms with Crippen LogP contribution in [-0.2, 0) is 0 Å². The van der Waals surface area contributed by atoms with Crippen LogP contribution in [0.25, 0.3) is 0 Å². The van der Waals surface area contributed by atoms with Crippen molar-refractivity contribution < 1.29 is 5.11 Å². The molecule has 3 nitrogen and oxygen atoms in total. The molecule has 0 amide bonds. The van der Waals surface area contributed by atoms with Crippen molar-refractivity contribution in [2.75, 3.05) is 32.8 Å². The molecule has 2 aliphatic rings. The summed E-state index contributed by atoms with van der Waals surface area (Å²) in [7, 11) is 0. The van der Waals surface area contributed by atoms with Crippen LogP contribution in [0.15, 0.2) is 0 Å². The molecule has 2 heterocycles. The Morgan fingerprint density at radius 2 is 1.77 bits per heavy atom. The highest BCUT2D eigenvalue weighted by Gasteiger charge is 2.38. The summed E-state index contributed by atoms with van der Waals surface area (Å²) in [5, 5.41) is 12.9. The van der Waals surface area contributed by atoms with Gasteiger partial charge in [-0.2, -0.15) is 0 Å². The Labute approximate surface area is 80.1 Å². The van der Waals surface area contributed by atoms with E-state index < -0.39 is 0 Å². The molecule has 2 fully saturated rings. The number of likely N-dealkylation sites (tertiary alicyclic amines) is 1. The fraction of sp³-hybridized carbons (Fsp3) is 1.00. The zero-order valence-electron chi connectivity index (χ0n) is 8.26. The number of rotatable bonds is 2. The average molecular weight is 184 g/mol. The molecule has 0 atom stereocenters. The maximum absolute atomic E-state index is 9.53. The first-order valence-electron chi connectivity index (χ1n) is 5.44. The van der Waals surface area contributed by atoms with E-state index in [-0.39, 0.29) is 5.54 Å². The summed E-state index contributed by atoms with van der Waals surface area (Å²) in [4.78, 5) is 2.51. The number of nitrogens with zero attached hydrogens (tertiary/aromatic N) is 1. The highest BCUT2D eigenvalue weighted by atomic mass is 16.3. The summed E-state index contributed by atoms with van der Waals surface area (Å²) in [6.45, 7) is 4.86. The van der Waals surface area contributed by atoms with Crippen molar-refractivity contribution in [1.29, 1.82) is 0 Å². The molecular formula is C10H20N2O. The summed E-state index contributed by atoms with van der Waals surface area (Å²) in [6, 6.07) is 0. The van der Waals surface area contributed by atoms with E-state index in [1.165, 1.54) is 25.9 Å². The van der Waals surface area contributed by atoms with E-state index in [1.807, 2.05) is 0 Å². The highest BCUT2D eigenvalue weighted by molar-refractivity contribution is 4.95. The van der Waals surface area contributed by atoms with Crippen LogP contribution in [0.2, 0.25) is 0 Å². The molecule has 0 radical (unpaired) electrons. The second-order valence-electron chi connectivity index (χ2n) is 4.33. The largest absolute Gasteiger partial charge is 0.394 e. The quantitative estimate of drug-likeness (QED) is 0.643. The first kappa shape index (κ1) is 9.44. The van der Waals surface area contributed by atoms with Crippen LogP contribution in [-0.4, -0.2) is 48.3 Å². The van der Waals surface area contributed by atoms with E-state index in [4.69, 9.17) is 0 Å². The Morgan fingerprint density at radius 1 is 1.15 bits per heavy atom. The molecule has 2 rings (SSSR count). The zero-order valence-corrected chi connectivity index (χ0v) is 8.26. The van der Waals surface area contributed by atoms with Gasteiger partial charge < -0.3 is 10.4 Å². The number of nitrogens with one attached hydrogen (secondary N) is 1. The maximum Gasteiger partial charge on any atom is 0.0616 e. The van der Waals surface area contributed by atoms with Gasteiger partial charge in [-0.15, -0.1) is 0 Å². The first-order chi connectivity index (χ1) is 6.37. The first-order valence-corrected chi connectivity index (χ1v) is 5.44. The van der Waals surface area contributed by atoms with Crippen LogP contribution < -0.4 is 5.32 Å². The molecule has 2 aliphatic heterocycles. The van der Waals surface area contributed by atoms with Gasteiger partial charge in [0, 0.05) is 5.54 Å². The predicted octanol–water partition coefficient (Wildman–Crippen LogP) is 0.197. The van der Waals surface area contributed by atoms with Gasteiger partial charge >= 0.3 is 0 Å². The van der Waals surface area contributed by atoms with Crippen LogP contribution in [0.4, 0.5) is 0 Å². The molecule has 76 valence electrons. The lowest BCUT2D eigenvalue weighted by atomic mass is 9.87. The summed E-state index contributed by atoms with van der Waals surface area (Å²) >= 11 is 0. The Hall–Kier alpha value is -0.120. The third-order valence-corrected chi connectivity index (χ3v) is 3.61. The van der Waals surface area contributed by atoms with Gasteiger partial charge in [-0.3, -0.25) is 4.90 Å². The lowest BCUT2D eigenvalue weighted by molar-refractivity contribution is 0.0220. The van der Waals surface area contributed by atoms with Gasteiger partial charge in [-0.1, -0.05) is 0 Å². The Kier molecular flexibility index (Phi) is 2.86. The molecular weight excluding hydrogens is 164 g/mol. The van der Waals surface area contributed by atoms with Crippen LogP contribution >= 0.6 is 0 Å². The van der Waals surface area contributed by atoms with E-state index in [0.717, 1.165) is 25.9 Å². The van der Waals surface area contributed by atoms with Crippen LogP contribution in [0, 0.1) is 0 Å². The molecule has 0 aliphatic carbocycles. The fourth-order valence-corrected chi connectivity index (χ4v) is 2.66. The van der Waals surface area contributed by atoms with Crippen LogP contribution in [0.3, 0.4) is 0 Å². The molecule has 0 spiro atoms. The Morgan fingerprint density at radius 3 is 2.31 bits per heavy atom. The van der Waals surface area contributed by atoms with Gasteiger partial charge in [0.1, 0.15) is 0 Å². The number of aliphatic hydroxyl groups excluding tert-OH is 1. The highest BCUT2D eigenvalue weighted by Crippen LogP contribution is 2.29. The Balaban J connectivity index is 2.03. The molecule has 0 aromatic heterocycles. The molecule has 13 heavy (non-hydrogen) atoms. The summed E-state index contributed by atoms with van der Waals surface area (Å²) in [6.07, 6.45) is 4.86. The van der Waals surface area contributed by atoms with Gasteiger partial charge in [0.05, 0.1) is 6.61 Å². The van der Waals surface area contributed by atoms with Gasteiger partial charge in [-0.05, 0) is 51.9 Å². The summed E-state index contributed by atoms with van der Waals surface area (Å²) < 4.78 is 0. The monoisotopic (exact) mass is 184 g/mol. The van der Waals surface area contributed by atoms with Gasteiger partial charge in [0.15, 0.2) is 0 Å². The fourth-order valence-electron chi connectivity index (χ4n) is 2.66. The second kappa shape index (κ2) is 3.95. The molecule has 0 aromatic rings. The van der Waals surface area contributed by atoms with Gasteiger partial charge in [0.2, 0.25) is 0 Å². The molecule has 2 N–H and O–H groups in total. The van der Waals surface area contributed by atoms with E-state index in [9.17, 15) is 5.11 Å². The molecule has 3 heteroatoms. The molecule has 0 saturated carbocycles. The SMILES string of the molecule is OCC1(N2CCCC2)CCNCC1. The smallest absolute Gasteiger partial charge is 0.0616 e. The molecule has 0 bridgehead atoms. The minimum Gasteiger partial charge on any atom is -0.394 e. The third-order valence-electron chi connectivity index (χ3n) is 3.61. The summed E-state index contributed by atoms with van der Waals surface area (Å²) in [5.41, 5.74) is 0.127. The molecule has 0 aromatic carbocycles. The van der Waals surface area contributed by atoms with Gasteiger partial charge in [-0.25, -0.2) is 0 Å². The lowest BCUT2D eigenvalue weighted by Crippen LogP contribution is -2.56. The normalized spacial score (nSPS) is 29.3. The van der Waals surface area contributed by atoms with Crippen molar-refractivity contribution in [1.82, 2.24) is 10.2 Å². The van der Waals surface area contributed by atoms with Crippen molar-refractivity contribution in [3.05, 3.63) is 0 Å². The average Bonchev–Trinajstić information content (AvgIpc) is 2.72. The number of piperidine rings is 1. The van der Waals surface area contributed by atoms with Crippen LogP contribution in [0.5, 0.6) is 0 Å². The van der Waals surface area contributed by atoms with E-state index >= 15 is 0 Å².